The van der Waals surface area contributed by atoms with Crippen LogP contribution in [0, 0.1) is 5.92 Å². The van der Waals surface area contributed by atoms with Crippen LogP contribution in [0.1, 0.15) is 34.1 Å². The molecule has 2 atom stereocenters. The van der Waals surface area contributed by atoms with Crippen LogP contribution >= 0.6 is 0 Å². The second kappa shape index (κ2) is 5.04. The third-order valence-corrected chi connectivity index (χ3v) is 3.07. The van der Waals surface area contributed by atoms with Gasteiger partial charge in [0.25, 0.3) is 0 Å². The molecule has 0 unspecified atom stereocenters. The van der Waals surface area contributed by atoms with Gasteiger partial charge in [-0.3, -0.25) is 0 Å². The van der Waals surface area contributed by atoms with Gasteiger partial charge in [0, 0.05) is 13.1 Å². The zero-order chi connectivity index (χ0) is 12.3. The fourth-order valence-corrected chi connectivity index (χ4v) is 1.91. The smallest absolute Gasteiger partial charge is 0.410 e. The SMILES string of the molecule is C[C@H]([C@H]1CCNC1)N(C)C(=O)OC(C)(C)C. The van der Waals surface area contributed by atoms with Crippen LogP contribution in [0.5, 0.6) is 0 Å². The second-order valence-corrected chi connectivity index (χ2v) is 5.58. The number of amides is 1. The molecule has 4 heteroatoms. The van der Waals surface area contributed by atoms with Gasteiger partial charge in [0.2, 0.25) is 0 Å². The van der Waals surface area contributed by atoms with E-state index in [9.17, 15) is 4.79 Å². The van der Waals surface area contributed by atoms with Gasteiger partial charge in [-0.2, -0.15) is 0 Å². The largest absolute Gasteiger partial charge is 0.444 e. The number of nitrogens with one attached hydrogen (secondary N) is 1. The van der Waals surface area contributed by atoms with Crippen LogP contribution in [0.3, 0.4) is 0 Å². The monoisotopic (exact) mass is 228 g/mol. The first kappa shape index (κ1) is 13.3. The van der Waals surface area contributed by atoms with Crippen LogP contribution in [0.25, 0.3) is 0 Å². The summed E-state index contributed by atoms with van der Waals surface area (Å²) in [6.45, 7) is 9.80. The molecule has 0 aromatic heterocycles. The molecule has 1 fully saturated rings. The predicted octanol–water partition coefficient (Wildman–Crippen LogP) is 1.85. The van der Waals surface area contributed by atoms with Crippen molar-refractivity contribution >= 4 is 6.09 Å². The molecule has 1 rings (SSSR count). The Morgan fingerprint density at radius 3 is 2.56 bits per heavy atom. The van der Waals surface area contributed by atoms with Gasteiger partial charge in [-0.1, -0.05) is 0 Å². The summed E-state index contributed by atoms with van der Waals surface area (Å²) in [5, 5.41) is 3.32. The fraction of sp³-hybridized carbons (Fsp3) is 0.917. The third-order valence-electron chi connectivity index (χ3n) is 3.07. The van der Waals surface area contributed by atoms with E-state index >= 15 is 0 Å². The van der Waals surface area contributed by atoms with E-state index < -0.39 is 5.60 Å². The Hall–Kier alpha value is -0.770. The average molecular weight is 228 g/mol. The van der Waals surface area contributed by atoms with Crippen molar-refractivity contribution in [2.75, 3.05) is 20.1 Å². The maximum atomic E-state index is 11.8. The molecule has 4 nitrogen and oxygen atoms in total. The Balaban J connectivity index is 2.49. The molecule has 1 saturated heterocycles. The van der Waals surface area contributed by atoms with Crippen molar-refractivity contribution in [2.24, 2.45) is 5.92 Å². The summed E-state index contributed by atoms with van der Waals surface area (Å²) in [7, 11) is 1.82. The van der Waals surface area contributed by atoms with E-state index in [-0.39, 0.29) is 12.1 Å². The molecule has 0 spiro atoms. The van der Waals surface area contributed by atoms with Gasteiger partial charge < -0.3 is 15.0 Å². The number of nitrogens with zero attached hydrogens (tertiary/aromatic N) is 1. The van der Waals surface area contributed by atoms with Crippen LogP contribution < -0.4 is 5.32 Å². The van der Waals surface area contributed by atoms with Gasteiger partial charge in [0.15, 0.2) is 0 Å². The zero-order valence-corrected chi connectivity index (χ0v) is 11.0. The van der Waals surface area contributed by atoms with E-state index in [1.54, 1.807) is 4.90 Å². The fourth-order valence-electron chi connectivity index (χ4n) is 1.91. The lowest BCUT2D eigenvalue weighted by Gasteiger charge is -2.31. The Bertz CT molecular complexity index is 242. The molecular weight excluding hydrogens is 204 g/mol. The summed E-state index contributed by atoms with van der Waals surface area (Å²) in [5.41, 5.74) is -0.418. The molecule has 16 heavy (non-hydrogen) atoms. The Morgan fingerprint density at radius 2 is 2.12 bits per heavy atom. The van der Waals surface area contributed by atoms with Crippen molar-refractivity contribution in [1.82, 2.24) is 10.2 Å². The Kier molecular flexibility index (Phi) is 4.19. The zero-order valence-electron chi connectivity index (χ0n) is 11.0. The standard InChI is InChI=1S/C12H24N2O2/c1-9(10-6-7-13-8-10)14(5)11(15)16-12(2,3)4/h9-10,13H,6-8H2,1-5H3/t9-,10+/m1/s1. The molecule has 0 bridgehead atoms. The van der Waals surface area contributed by atoms with Gasteiger partial charge in [0.1, 0.15) is 5.60 Å². The first-order chi connectivity index (χ1) is 7.31. The summed E-state index contributed by atoms with van der Waals surface area (Å²) in [6.07, 6.45) is 0.904. The first-order valence-electron chi connectivity index (χ1n) is 5.98. The molecule has 0 aromatic rings. The van der Waals surface area contributed by atoms with E-state index in [0.29, 0.717) is 5.92 Å². The van der Waals surface area contributed by atoms with E-state index in [0.717, 1.165) is 19.5 Å². The molecule has 0 radical (unpaired) electrons. The lowest BCUT2D eigenvalue weighted by Crippen LogP contribution is -2.43. The molecule has 94 valence electrons. The molecule has 1 heterocycles. The average Bonchev–Trinajstić information content (AvgIpc) is 2.65. The van der Waals surface area contributed by atoms with Gasteiger partial charge in [0.05, 0.1) is 0 Å². The maximum absolute atomic E-state index is 11.8. The van der Waals surface area contributed by atoms with E-state index in [1.807, 2.05) is 27.8 Å². The highest BCUT2D eigenvalue weighted by Gasteiger charge is 2.29. The van der Waals surface area contributed by atoms with Crippen LogP contribution in [0.2, 0.25) is 0 Å². The molecule has 0 aliphatic carbocycles. The molecule has 1 N–H and O–H groups in total. The summed E-state index contributed by atoms with van der Waals surface area (Å²) < 4.78 is 5.35. The van der Waals surface area contributed by atoms with Gasteiger partial charge >= 0.3 is 6.09 Å². The van der Waals surface area contributed by atoms with Crippen LogP contribution in [0.4, 0.5) is 4.79 Å². The van der Waals surface area contributed by atoms with Crippen LogP contribution in [-0.4, -0.2) is 42.8 Å². The highest BCUT2D eigenvalue weighted by atomic mass is 16.6. The van der Waals surface area contributed by atoms with Gasteiger partial charge in [-0.25, -0.2) is 4.79 Å². The van der Waals surface area contributed by atoms with Gasteiger partial charge in [-0.15, -0.1) is 0 Å². The highest BCUT2D eigenvalue weighted by Crippen LogP contribution is 2.19. The molecule has 1 aliphatic rings. The van der Waals surface area contributed by atoms with E-state index in [1.165, 1.54) is 0 Å². The number of rotatable bonds is 2. The van der Waals surface area contributed by atoms with Gasteiger partial charge in [-0.05, 0) is 53.1 Å². The molecule has 1 aliphatic heterocycles. The maximum Gasteiger partial charge on any atom is 0.410 e. The summed E-state index contributed by atoms with van der Waals surface area (Å²) in [4.78, 5) is 13.6. The summed E-state index contributed by atoms with van der Waals surface area (Å²) >= 11 is 0. The summed E-state index contributed by atoms with van der Waals surface area (Å²) in [5.74, 6) is 0.539. The summed E-state index contributed by atoms with van der Waals surface area (Å²) in [6, 6.07) is 0.227. The number of hydrogen-bond donors (Lipinski definition) is 1. The second-order valence-electron chi connectivity index (χ2n) is 5.58. The Labute approximate surface area is 98.3 Å². The minimum Gasteiger partial charge on any atom is -0.444 e. The number of carbonyl (C=O) groups excluding carboxylic acids is 1. The number of carbonyl (C=O) groups is 1. The molecule has 0 aromatic carbocycles. The van der Waals surface area contributed by atoms with Crippen LogP contribution in [-0.2, 0) is 4.74 Å². The number of ether oxygens (including phenoxy) is 1. The van der Waals surface area contributed by atoms with E-state index in [4.69, 9.17) is 4.74 Å². The Morgan fingerprint density at radius 1 is 1.50 bits per heavy atom. The van der Waals surface area contributed by atoms with Crippen molar-refractivity contribution in [3.05, 3.63) is 0 Å². The quantitative estimate of drug-likeness (QED) is 0.784. The van der Waals surface area contributed by atoms with Crippen molar-refractivity contribution in [3.63, 3.8) is 0 Å². The highest BCUT2D eigenvalue weighted by molar-refractivity contribution is 5.68. The van der Waals surface area contributed by atoms with E-state index in [2.05, 4.69) is 12.2 Å². The molecule has 0 saturated carbocycles. The first-order valence-corrected chi connectivity index (χ1v) is 5.98. The van der Waals surface area contributed by atoms with Crippen LogP contribution in [0.15, 0.2) is 0 Å². The molecular formula is C12H24N2O2. The third kappa shape index (κ3) is 3.67. The lowest BCUT2D eigenvalue weighted by atomic mass is 10.00. The number of hydrogen-bond acceptors (Lipinski definition) is 3. The topological polar surface area (TPSA) is 41.6 Å². The normalized spacial score (nSPS) is 22.9. The van der Waals surface area contributed by atoms with Crippen molar-refractivity contribution in [1.29, 1.82) is 0 Å². The van der Waals surface area contributed by atoms with Crippen molar-refractivity contribution in [3.8, 4) is 0 Å². The molecule has 1 amide bonds. The minimum atomic E-state index is -0.418. The lowest BCUT2D eigenvalue weighted by molar-refractivity contribution is 0.0192. The van der Waals surface area contributed by atoms with Crippen molar-refractivity contribution in [2.45, 2.75) is 45.8 Å². The predicted molar refractivity (Wildman–Crippen MR) is 64.4 cm³/mol. The van der Waals surface area contributed by atoms with Crippen molar-refractivity contribution < 1.29 is 9.53 Å². The minimum absolute atomic E-state index is 0.227.